The Hall–Kier alpha value is 0.703. The molecule has 267 valence electrons. The first-order valence-electron chi connectivity index (χ1n) is 16.1. The van der Waals surface area contributed by atoms with E-state index in [0.717, 1.165) is 0 Å². The van der Waals surface area contributed by atoms with Crippen molar-refractivity contribution in [2.75, 3.05) is 0 Å². The van der Waals surface area contributed by atoms with Crippen LogP contribution in [0.25, 0.3) is 0 Å². The third-order valence-electron chi connectivity index (χ3n) is 4.31. The van der Waals surface area contributed by atoms with Crippen LogP contribution in [-0.4, -0.2) is 100 Å². The second-order valence-corrected chi connectivity index (χ2v) is 21.5. The Labute approximate surface area is 278 Å². The summed E-state index contributed by atoms with van der Waals surface area (Å²) in [6.45, 7) is 34.1. The summed E-state index contributed by atoms with van der Waals surface area (Å²) in [4.78, 5) is 19.4. The third-order valence-corrected chi connectivity index (χ3v) is 16.1. The van der Waals surface area contributed by atoms with Crippen LogP contribution in [0.2, 0.25) is 6.04 Å². The summed E-state index contributed by atoms with van der Waals surface area (Å²) in [7, 11) is -10.8. The van der Waals surface area contributed by atoms with Crippen LogP contribution in [0.15, 0.2) is 0 Å². The smallest absolute Gasteiger partial charge is 0.632 e. The molecule has 0 heterocycles. The Bertz CT molecular complexity index is 671. The number of rotatable bonds is 22. The molecule has 0 aliphatic heterocycles. The molecular formula is C28H68AlO12Si3. The summed E-state index contributed by atoms with van der Waals surface area (Å²) in [6, 6.07) is 0.356. The summed E-state index contributed by atoms with van der Waals surface area (Å²) in [6.07, 6.45) is -1.10. The van der Waals surface area contributed by atoms with Crippen LogP contribution >= 0.6 is 0 Å². The molecule has 3 N–H and O–H groups in total. The van der Waals surface area contributed by atoms with E-state index in [1.54, 1.807) is 0 Å². The topological polar surface area (TPSA) is 135 Å². The van der Waals surface area contributed by atoms with Crippen LogP contribution in [0.3, 0.4) is 0 Å². The van der Waals surface area contributed by atoms with Gasteiger partial charge in [0.2, 0.25) is 0 Å². The average Bonchev–Trinajstić information content (AvgIpc) is 2.67. The number of hydrogen-bond acceptors (Lipinski definition) is 11. The largest absolute Gasteiger partial charge is 0.909 e. The summed E-state index contributed by atoms with van der Waals surface area (Å²) in [5, 5.41) is 0. The Morgan fingerprint density at radius 2 is 0.818 bits per heavy atom. The molecule has 44 heavy (non-hydrogen) atoms. The van der Waals surface area contributed by atoms with E-state index >= 15 is 0 Å². The summed E-state index contributed by atoms with van der Waals surface area (Å²) < 4.78 is 58.9. The van der Waals surface area contributed by atoms with Gasteiger partial charge in [-0.3, -0.25) is 0 Å². The molecule has 0 unspecified atom stereocenters. The fraction of sp³-hybridized carbons (Fsp3) is 1.00. The van der Waals surface area contributed by atoms with Gasteiger partial charge in [-0.25, -0.2) is 0 Å². The van der Waals surface area contributed by atoms with Crippen LogP contribution in [0.4, 0.5) is 0 Å². The minimum atomic E-state index is -3.89. The zero-order chi connectivity index (χ0) is 35.1. The van der Waals surface area contributed by atoms with Gasteiger partial charge < -0.3 is 51.3 Å². The molecule has 0 rings (SSSR count). The fourth-order valence-corrected chi connectivity index (χ4v) is 14.6. The molecule has 0 amide bonds. The van der Waals surface area contributed by atoms with Gasteiger partial charge in [0.1, 0.15) is 0 Å². The normalized spacial score (nSPS) is 14.9. The molecule has 0 aliphatic carbocycles. The van der Waals surface area contributed by atoms with Gasteiger partial charge in [0.05, 0.1) is 18.3 Å². The standard InChI is InChI=1S/C13H31O6Si2.C9H22O4Si.2C3H7O.Al/c1-10(2)9-20(14,16-11(3)4)19-21(15,17-12(5)6)18-13(7)8;1-7(2)11-14(10,12-8(3)4)13-9(5)6;2*1-3(2)4;/h10-14H,9H2,1-8H3;7-10H,1-6H3;2*3H,1-2H3;/q-1;;2*-1;+2/p+1/t20-;;;;/m1..../s1. The van der Waals surface area contributed by atoms with Crippen LogP contribution in [0.1, 0.15) is 125 Å². The minimum absolute atomic E-state index is 0.0448. The molecule has 0 aromatic rings. The van der Waals surface area contributed by atoms with Crippen LogP contribution in [-0.2, 0) is 41.7 Å². The maximum atomic E-state index is 11.4. The van der Waals surface area contributed by atoms with Gasteiger partial charge in [0.25, 0.3) is 0 Å². The summed E-state index contributed by atoms with van der Waals surface area (Å²) >= 11 is -2.71. The molecule has 0 saturated heterocycles. The second-order valence-electron chi connectivity index (χ2n) is 13.2. The van der Waals surface area contributed by atoms with Crippen molar-refractivity contribution in [2.24, 2.45) is 5.92 Å². The van der Waals surface area contributed by atoms with Crippen molar-refractivity contribution in [3.63, 3.8) is 0 Å². The highest BCUT2D eigenvalue weighted by molar-refractivity contribution is 6.74. The first kappa shape index (κ1) is 46.8. The van der Waals surface area contributed by atoms with E-state index in [2.05, 4.69) is 0 Å². The third kappa shape index (κ3) is 24.8. The lowest BCUT2D eigenvalue weighted by molar-refractivity contribution is -0.0539. The molecule has 0 fully saturated rings. The van der Waals surface area contributed by atoms with Gasteiger partial charge in [0.15, 0.2) is 0 Å². The van der Waals surface area contributed by atoms with Gasteiger partial charge >= 0.3 is 42.0 Å². The van der Waals surface area contributed by atoms with Crippen molar-refractivity contribution in [1.29, 1.82) is 0 Å². The van der Waals surface area contributed by atoms with E-state index in [9.17, 15) is 4.80 Å². The SMILES string of the molecule is CC(C)C[Si@@](O)(OC(C)C)O[Si](OC(C)C)(OC(C)C)[O][Al-]([O]C(C)C)[O]C(C)C.CC(C)O[Si]([OH2+])(OC(C)C)OC(C)C. The first-order valence-corrected chi connectivity index (χ1v) is 22.8. The number of hydrogen-bond donors (Lipinski definition) is 1. The maximum Gasteiger partial charge on any atom is 0.909 e. The van der Waals surface area contributed by atoms with Gasteiger partial charge in [0, 0.05) is 24.4 Å². The predicted molar refractivity (Wildman–Crippen MR) is 180 cm³/mol. The monoisotopic (exact) mass is 707 g/mol. The van der Waals surface area contributed by atoms with E-state index in [1.165, 1.54) is 0 Å². The summed E-state index contributed by atoms with van der Waals surface area (Å²) in [5.74, 6) is 0.150. The van der Waals surface area contributed by atoms with Crippen molar-refractivity contribution in [3.05, 3.63) is 0 Å². The Morgan fingerprint density at radius 3 is 1.07 bits per heavy atom. The molecule has 0 aliphatic rings. The highest BCUT2D eigenvalue weighted by Crippen LogP contribution is 2.28. The highest BCUT2D eigenvalue weighted by Gasteiger charge is 2.57. The van der Waals surface area contributed by atoms with E-state index in [4.69, 9.17) is 46.5 Å². The summed E-state index contributed by atoms with van der Waals surface area (Å²) in [5.41, 5.74) is 0. The molecule has 0 bridgehead atoms. The van der Waals surface area contributed by atoms with E-state index in [0.29, 0.717) is 6.04 Å². The lowest BCUT2D eigenvalue weighted by Gasteiger charge is -2.44. The molecular weight excluding hydrogens is 640 g/mol. The second kappa shape index (κ2) is 22.4. The molecule has 1 atom stereocenters. The zero-order valence-corrected chi connectivity index (χ0v) is 35.2. The van der Waals surface area contributed by atoms with Crippen LogP contribution in [0, 0.1) is 5.92 Å². The lowest BCUT2D eigenvalue weighted by atomic mass is 10.3. The van der Waals surface area contributed by atoms with E-state index in [1.807, 2.05) is 125 Å². The molecule has 16 heteroatoms. The maximum absolute atomic E-state index is 11.4. The van der Waals surface area contributed by atoms with Crippen LogP contribution in [0.5, 0.6) is 0 Å². The Morgan fingerprint density at radius 1 is 0.500 bits per heavy atom. The first-order chi connectivity index (χ1) is 19.8. The zero-order valence-electron chi connectivity index (χ0n) is 31.0. The highest BCUT2D eigenvalue weighted by atomic mass is 28.5. The van der Waals surface area contributed by atoms with Gasteiger partial charge in [-0.2, -0.15) is 0 Å². The van der Waals surface area contributed by atoms with Crippen molar-refractivity contribution < 1.29 is 51.3 Å². The van der Waals surface area contributed by atoms with Crippen LogP contribution < -0.4 is 0 Å². The van der Waals surface area contributed by atoms with Crippen molar-refractivity contribution >= 4 is 42.0 Å². The Kier molecular flexibility index (Phi) is 23.8. The lowest BCUT2D eigenvalue weighted by Crippen LogP contribution is -2.64. The molecule has 0 aromatic carbocycles. The molecule has 0 spiro atoms. The van der Waals surface area contributed by atoms with Crippen molar-refractivity contribution in [3.8, 4) is 0 Å². The molecule has 1 radical (unpaired) electrons. The van der Waals surface area contributed by atoms with Crippen molar-refractivity contribution in [1.82, 2.24) is 0 Å². The average molecular weight is 708 g/mol. The van der Waals surface area contributed by atoms with E-state index < -0.39 is 42.0 Å². The van der Waals surface area contributed by atoms with Gasteiger partial charge in [-0.15, -0.1) is 0 Å². The quantitative estimate of drug-likeness (QED) is 0.112. The van der Waals surface area contributed by atoms with Gasteiger partial charge in [-0.1, -0.05) is 13.8 Å². The van der Waals surface area contributed by atoms with Crippen molar-refractivity contribution in [2.45, 2.75) is 180 Å². The Balaban J connectivity index is 0. The minimum Gasteiger partial charge on any atom is -0.632 e. The van der Waals surface area contributed by atoms with E-state index in [-0.39, 0.29) is 54.7 Å². The van der Waals surface area contributed by atoms with Gasteiger partial charge in [-0.05, 0) is 129 Å². The predicted octanol–water partition coefficient (Wildman–Crippen LogP) is 5.57. The molecule has 0 saturated carbocycles. The molecule has 0 aromatic heterocycles. The fourth-order valence-electron chi connectivity index (χ4n) is 3.59. The molecule has 12 nitrogen and oxygen atoms in total.